The van der Waals surface area contributed by atoms with Crippen LogP contribution in [0.15, 0.2) is 46.4 Å². The van der Waals surface area contributed by atoms with Gasteiger partial charge in [0, 0.05) is 56.8 Å². The highest BCUT2D eigenvalue weighted by Gasteiger charge is 2.25. The number of benzene rings is 1. The zero-order valence-corrected chi connectivity index (χ0v) is 23.0. The zero-order chi connectivity index (χ0) is 27.1. The maximum Gasteiger partial charge on any atom is 0.256 e. The van der Waals surface area contributed by atoms with E-state index in [1.807, 2.05) is 17.5 Å². The molecule has 1 aromatic carbocycles. The third-order valence-corrected chi connectivity index (χ3v) is 6.54. The van der Waals surface area contributed by atoms with Gasteiger partial charge < -0.3 is 14.7 Å². The van der Waals surface area contributed by atoms with E-state index in [0.717, 1.165) is 16.4 Å². The Labute approximate surface area is 229 Å². The van der Waals surface area contributed by atoms with Crippen molar-refractivity contribution in [2.45, 2.75) is 33.7 Å². The lowest BCUT2D eigenvalue weighted by Gasteiger charge is -2.34. The summed E-state index contributed by atoms with van der Waals surface area (Å²) in [5, 5.41) is 9.80. The molecule has 4 aromatic rings. The summed E-state index contributed by atoms with van der Waals surface area (Å²) in [7, 11) is 0. The van der Waals surface area contributed by atoms with E-state index in [1.54, 1.807) is 24.1 Å². The summed E-state index contributed by atoms with van der Waals surface area (Å²) >= 11 is 7.31. The Kier molecular flexibility index (Phi) is 9.38. The molecule has 200 valence electrons. The van der Waals surface area contributed by atoms with Gasteiger partial charge in [0.25, 0.3) is 5.91 Å². The Morgan fingerprint density at radius 3 is 2.61 bits per heavy atom. The van der Waals surface area contributed by atoms with Crippen molar-refractivity contribution in [3.8, 4) is 11.4 Å². The molecule has 1 fully saturated rings. The molecule has 38 heavy (non-hydrogen) atoms. The van der Waals surface area contributed by atoms with Gasteiger partial charge in [-0.3, -0.25) is 9.69 Å². The van der Waals surface area contributed by atoms with Gasteiger partial charge in [0.1, 0.15) is 5.82 Å². The molecule has 9 nitrogen and oxygen atoms in total. The minimum atomic E-state index is -0.681. The first kappa shape index (κ1) is 27.6. The number of piperazine rings is 1. The van der Waals surface area contributed by atoms with Crippen LogP contribution in [-0.2, 0) is 6.54 Å². The number of carbonyl (C=O) groups excluding carboxylic acids is 1. The van der Waals surface area contributed by atoms with Crippen molar-refractivity contribution in [2.24, 2.45) is 0 Å². The second-order valence-electron chi connectivity index (χ2n) is 8.71. The van der Waals surface area contributed by atoms with Gasteiger partial charge in [0.05, 0.1) is 16.3 Å². The van der Waals surface area contributed by atoms with Crippen molar-refractivity contribution in [3.05, 3.63) is 69.9 Å². The molecule has 3 aromatic heterocycles. The molecule has 12 heteroatoms. The van der Waals surface area contributed by atoms with Gasteiger partial charge in [0.15, 0.2) is 10.9 Å². The Morgan fingerprint density at radius 1 is 1.18 bits per heavy atom. The summed E-state index contributed by atoms with van der Waals surface area (Å²) in [5.41, 5.74) is 1.58. The second-order valence-corrected chi connectivity index (χ2v) is 10.0. The summed E-state index contributed by atoms with van der Waals surface area (Å²) < 4.78 is 19.4. The number of aryl methyl sites for hydroxylation is 1. The Hall–Kier alpha value is -3.41. The molecule has 0 saturated carbocycles. The molecule has 5 rings (SSSR count). The molecule has 4 heterocycles. The van der Waals surface area contributed by atoms with Gasteiger partial charge in [-0.05, 0) is 24.3 Å². The minimum Gasteiger partial charge on any atom is -0.339 e. The molecule has 1 saturated heterocycles. The largest absolute Gasteiger partial charge is 0.339 e. The number of anilines is 2. The fourth-order valence-corrected chi connectivity index (χ4v) is 4.56. The first-order valence-electron chi connectivity index (χ1n) is 12.3. The SMILES string of the molecule is CCC.Cc1nc(-c2cc(CN3CCN(C(=O)c4cccc(Cl)c4F)CC3)nc(Nc3nccs3)c2)no1. The van der Waals surface area contributed by atoms with Gasteiger partial charge in [-0.2, -0.15) is 4.98 Å². The van der Waals surface area contributed by atoms with Crippen molar-refractivity contribution in [1.82, 2.24) is 29.9 Å². The highest BCUT2D eigenvalue weighted by Crippen LogP contribution is 2.25. The quantitative estimate of drug-likeness (QED) is 0.317. The lowest BCUT2D eigenvalue weighted by Crippen LogP contribution is -2.48. The molecule has 0 aliphatic carbocycles. The molecule has 1 N–H and O–H groups in total. The average Bonchev–Trinajstić information content (AvgIpc) is 3.58. The van der Waals surface area contributed by atoms with E-state index < -0.39 is 5.82 Å². The van der Waals surface area contributed by atoms with Crippen molar-refractivity contribution in [2.75, 3.05) is 31.5 Å². The molecule has 0 spiro atoms. The monoisotopic (exact) mass is 557 g/mol. The molecule has 1 aliphatic rings. The molecular formula is C26H29ClFN7O2S. The van der Waals surface area contributed by atoms with Crippen molar-refractivity contribution in [3.63, 3.8) is 0 Å². The molecular weight excluding hydrogens is 529 g/mol. The van der Waals surface area contributed by atoms with Gasteiger partial charge in [-0.15, -0.1) is 11.3 Å². The molecule has 0 atom stereocenters. The molecule has 0 bridgehead atoms. The number of pyridine rings is 1. The number of carbonyl (C=O) groups is 1. The lowest BCUT2D eigenvalue weighted by molar-refractivity contribution is 0.0622. The van der Waals surface area contributed by atoms with Crippen LogP contribution >= 0.6 is 22.9 Å². The number of rotatable bonds is 6. The van der Waals surface area contributed by atoms with Crippen LogP contribution < -0.4 is 5.32 Å². The van der Waals surface area contributed by atoms with Crippen LogP contribution in [0, 0.1) is 12.7 Å². The zero-order valence-electron chi connectivity index (χ0n) is 21.4. The number of aromatic nitrogens is 4. The summed E-state index contributed by atoms with van der Waals surface area (Å²) in [4.78, 5) is 30.0. The smallest absolute Gasteiger partial charge is 0.256 e. The van der Waals surface area contributed by atoms with E-state index >= 15 is 0 Å². The minimum absolute atomic E-state index is 0.00590. The standard InChI is InChI=1S/C23H21ClFN7O2S.C3H8/c1-14-27-21(30-34-14)15-11-16(28-19(12-15)29-23-26-5-10-35-23)13-31-6-8-32(9-7-31)22(33)17-3-2-4-18(24)20(17)25;1-3-2/h2-5,10-12H,6-9,13H2,1H3,(H,26,28,29);3H2,1-2H3. The Bertz CT molecular complexity index is 1360. The fourth-order valence-electron chi connectivity index (χ4n) is 3.85. The molecule has 1 amide bonds. The van der Waals surface area contributed by atoms with E-state index in [4.69, 9.17) is 21.1 Å². The predicted molar refractivity (Wildman–Crippen MR) is 146 cm³/mol. The number of hydrogen-bond donors (Lipinski definition) is 1. The summed E-state index contributed by atoms with van der Waals surface area (Å²) in [6.45, 7) is 8.73. The third-order valence-electron chi connectivity index (χ3n) is 5.56. The van der Waals surface area contributed by atoms with Gasteiger partial charge >= 0.3 is 0 Å². The van der Waals surface area contributed by atoms with Crippen LogP contribution in [-0.4, -0.2) is 62.0 Å². The number of hydrogen-bond acceptors (Lipinski definition) is 9. The Morgan fingerprint density at radius 2 is 1.95 bits per heavy atom. The Balaban J connectivity index is 0.00000107. The van der Waals surface area contributed by atoms with Gasteiger partial charge in [0.2, 0.25) is 11.7 Å². The highest BCUT2D eigenvalue weighted by atomic mass is 35.5. The molecule has 1 aliphatic heterocycles. The number of amides is 1. The van der Waals surface area contributed by atoms with Crippen LogP contribution in [0.2, 0.25) is 5.02 Å². The van der Waals surface area contributed by atoms with E-state index in [9.17, 15) is 9.18 Å². The number of halogens is 2. The number of nitrogens with one attached hydrogen (secondary N) is 1. The van der Waals surface area contributed by atoms with Crippen molar-refractivity contribution in [1.29, 1.82) is 0 Å². The first-order chi connectivity index (χ1) is 18.4. The highest BCUT2D eigenvalue weighted by molar-refractivity contribution is 7.13. The number of nitrogens with zero attached hydrogens (tertiary/aromatic N) is 6. The predicted octanol–water partition coefficient (Wildman–Crippen LogP) is 5.81. The van der Waals surface area contributed by atoms with Crippen LogP contribution in [0.5, 0.6) is 0 Å². The maximum absolute atomic E-state index is 14.3. The third kappa shape index (κ3) is 6.91. The maximum atomic E-state index is 14.3. The normalized spacial score (nSPS) is 13.7. The average molecular weight is 558 g/mol. The second kappa shape index (κ2) is 12.9. The first-order valence-corrected chi connectivity index (χ1v) is 13.6. The topological polar surface area (TPSA) is 100 Å². The van der Waals surface area contributed by atoms with Crippen molar-refractivity contribution < 1.29 is 13.7 Å². The van der Waals surface area contributed by atoms with Crippen LogP contribution in [0.25, 0.3) is 11.4 Å². The van der Waals surface area contributed by atoms with Crippen LogP contribution in [0.3, 0.4) is 0 Å². The fraction of sp³-hybridized carbons (Fsp3) is 0.346. The molecule has 0 unspecified atom stereocenters. The van der Waals surface area contributed by atoms with Crippen LogP contribution in [0.4, 0.5) is 15.3 Å². The van der Waals surface area contributed by atoms with Gasteiger partial charge in [-0.1, -0.05) is 43.1 Å². The van der Waals surface area contributed by atoms with Crippen molar-refractivity contribution >= 4 is 39.8 Å². The van der Waals surface area contributed by atoms with E-state index in [1.165, 1.54) is 29.9 Å². The lowest BCUT2D eigenvalue weighted by atomic mass is 10.1. The van der Waals surface area contributed by atoms with E-state index in [0.29, 0.717) is 50.3 Å². The molecule has 0 radical (unpaired) electrons. The van der Waals surface area contributed by atoms with Crippen LogP contribution in [0.1, 0.15) is 42.2 Å². The summed E-state index contributed by atoms with van der Waals surface area (Å²) in [6, 6.07) is 8.25. The van der Waals surface area contributed by atoms with E-state index in [-0.39, 0.29) is 16.5 Å². The summed E-state index contributed by atoms with van der Waals surface area (Å²) in [6.07, 6.45) is 2.97. The number of thiazole rings is 1. The van der Waals surface area contributed by atoms with Gasteiger partial charge in [-0.25, -0.2) is 14.4 Å². The summed E-state index contributed by atoms with van der Waals surface area (Å²) in [5.74, 6) is 0.545. The van der Waals surface area contributed by atoms with E-state index in [2.05, 4.69) is 39.2 Å².